The molecule has 0 radical (unpaired) electrons. The second-order valence-electron chi connectivity index (χ2n) is 8.63. The first-order valence-electron chi connectivity index (χ1n) is 10.4. The number of benzene rings is 3. The Bertz CT molecular complexity index is 1180. The molecular weight excluding hydrogens is 447 g/mol. The molecule has 1 N–H and O–H groups in total. The van der Waals surface area contributed by atoms with Crippen LogP contribution in [0.2, 0.25) is 0 Å². The zero-order valence-electron chi connectivity index (χ0n) is 18.1. The number of carboxylic acids is 1. The zero-order chi connectivity index (χ0) is 22.0. The topological polar surface area (TPSA) is 37.3 Å². The molecule has 3 aromatic carbocycles. The van der Waals surface area contributed by atoms with Crippen LogP contribution in [0, 0.1) is 6.92 Å². The zero-order valence-corrected chi connectivity index (χ0v) is 19.8. The van der Waals surface area contributed by atoms with Gasteiger partial charge in [0.05, 0.1) is 0 Å². The van der Waals surface area contributed by atoms with E-state index in [4.69, 9.17) is 5.11 Å². The van der Waals surface area contributed by atoms with Crippen molar-refractivity contribution in [3.05, 3.63) is 107 Å². The summed E-state index contributed by atoms with van der Waals surface area (Å²) in [5, 5.41) is 8.87. The number of carbonyl (C=O) groups is 1. The molecule has 1 aliphatic rings. The van der Waals surface area contributed by atoms with E-state index < -0.39 is 5.97 Å². The number of rotatable bonds is 5. The average Bonchev–Trinajstić information content (AvgIpc) is 2.74. The van der Waals surface area contributed by atoms with Gasteiger partial charge in [-0.25, -0.2) is 0 Å². The number of hydrogen-bond donors (Lipinski definition) is 1. The fourth-order valence-corrected chi connectivity index (χ4v) is 5.89. The van der Waals surface area contributed by atoms with Crippen LogP contribution < -0.4 is 8.92 Å². The van der Waals surface area contributed by atoms with Gasteiger partial charge < -0.3 is 0 Å². The molecule has 0 bridgehead atoms. The number of carboxylic acid groups (broad SMARTS) is 1. The first kappa shape index (κ1) is 21.4. The van der Waals surface area contributed by atoms with Crippen LogP contribution in [0.1, 0.15) is 48.1 Å². The molecule has 3 heteroatoms. The molecule has 0 saturated heterocycles. The maximum absolute atomic E-state index is 10.8. The molecule has 31 heavy (non-hydrogen) atoms. The Kier molecular flexibility index (Phi) is 6.00. The molecule has 156 valence electrons. The summed E-state index contributed by atoms with van der Waals surface area (Å²) in [4.78, 5) is 10.8. The van der Waals surface area contributed by atoms with Crippen molar-refractivity contribution in [1.29, 1.82) is 0 Å². The molecule has 0 spiro atoms. The van der Waals surface area contributed by atoms with E-state index in [-0.39, 0.29) is 20.4 Å². The molecular formula is C28H26O2Se. The van der Waals surface area contributed by atoms with Gasteiger partial charge in [-0.15, -0.1) is 0 Å². The van der Waals surface area contributed by atoms with Crippen molar-refractivity contribution >= 4 is 41.5 Å². The Labute approximate surface area is 190 Å². The van der Waals surface area contributed by atoms with Crippen LogP contribution in [0.25, 0.3) is 11.6 Å². The summed E-state index contributed by atoms with van der Waals surface area (Å²) in [5.41, 5.74) is 7.64. The fraction of sp³-hybridized carbons (Fsp3) is 0.179. The van der Waals surface area contributed by atoms with E-state index in [2.05, 4.69) is 81.4 Å². The van der Waals surface area contributed by atoms with Crippen molar-refractivity contribution in [3.63, 3.8) is 0 Å². The molecule has 0 amide bonds. The molecule has 0 aliphatic heterocycles. The molecule has 4 rings (SSSR count). The summed E-state index contributed by atoms with van der Waals surface area (Å²) in [6, 6.07) is 23.9. The standard InChI is InChI=1S/C28H26O2Se/c1-19-7-10-21(11-8-19)24-15-16-28(2,3)26-18-23(12-13-25(24)26)31-22-6-4-5-20(17-22)9-14-27(29)30/h4-15,17-18H,16H2,1-3H3,(H,29,30). The summed E-state index contributed by atoms with van der Waals surface area (Å²) in [7, 11) is 0. The van der Waals surface area contributed by atoms with Crippen LogP contribution in [0.4, 0.5) is 0 Å². The van der Waals surface area contributed by atoms with Crippen molar-refractivity contribution in [2.45, 2.75) is 32.6 Å². The SMILES string of the molecule is Cc1ccc(C2=CCC(C)(C)c3cc([Se]c4cccc(C=CC(=O)O)c4)ccc32)cc1. The molecule has 0 aromatic heterocycles. The average molecular weight is 473 g/mol. The molecule has 0 fully saturated rings. The van der Waals surface area contributed by atoms with Crippen LogP contribution >= 0.6 is 0 Å². The predicted octanol–water partition coefficient (Wildman–Crippen LogP) is 4.86. The molecule has 2 nitrogen and oxygen atoms in total. The normalized spacial score (nSPS) is 14.9. The van der Waals surface area contributed by atoms with Gasteiger partial charge >= 0.3 is 191 Å². The third kappa shape index (κ3) is 4.90. The van der Waals surface area contributed by atoms with Gasteiger partial charge in [0.1, 0.15) is 0 Å². The van der Waals surface area contributed by atoms with Crippen molar-refractivity contribution in [2.24, 2.45) is 0 Å². The molecule has 1 aliphatic carbocycles. The molecule has 0 saturated carbocycles. The van der Waals surface area contributed by atoms with Gasteiger partial charge in [-0.05, 0) is 0 Å². The summed E-state index contributed by atoms with van der Waals surface area (Å²) in [6.07, 6.45) is 6.24. The summed E-state index contributed by atoms with van der Waals surface area (Å²) < 4.78 is 2.58. The number of allylic oxidation sites excluding steroid dienone is 1. The maximum atomic E-state index is 10.8. The van der Waals surface area contributed by atoms with Crippen molar-refractivity contribution in [3.8, 4) is 0 Å². The number of hydrogen-bond acceptors (Lipinski definition) is 1. The van der Waals surface area contributed by atoms with Crippen molar-refractivity contribution in [2.75, 3.05) is 0 Å². The first-order valence-corrected chi connectivity index (χ1v) is 12.1. The second-order valence-corrected chi connectivity index (χ2v) is 11.0. The fourth-order valence-electron chi connectivity index (χ4n) is 3.95. The number of aliphatic carboxylic acids is 1. The minimum atomic E-state index is -0.926. The Balaban J connectivity index is 1.66. The van der Waals surface area contributed by atoms with Crippen molar-refractivity contribution < 1.29 is 9.90 Å². The van der Waals surface area contributed by atoms with E-state index in [1.807, 2.05) is 12.1 Å². The molecule has 0 heterocycles. The molecule has 0 unspecified atom stereocenters. The van der Waals surface area contributed by atoms with Gasteiger partial charge in [0.2, 0.25) is 0 Å². The number of fused-ring (bicyclic) bond motifs is 1. The van der Waals surface area contributed by atoms with Crippen LogP contribution in [-0.4, -0.2) is 26.0 Å². The molecule has 0 atom stereocenters. The Morgan fingerprint density at radius 3 is 2.48 bits per heavy atom. The van der Waals surface area contributed by atoms with E-state index in [1.54, 1.807) is 6.08 Å². The van der Waals surface area contributed by atoms with Gasteiger partial charge in [-0.3, -0.25) is 0 Å². The number of aryl methyl sites for hydroxylation is 1. The van der Waals surface area contributed by atoms with Crippen LogP contribution in [-0.2, 0) is 10.2 Å². The van der Waals surface area contributed by atoms with Crippen LogP contribution in [0.5, 0.6) is 0 Å². The van der Waals surface area contributed by atoms with Crippen LogP contribution in [0.3, 0.4) is 0 Å². The van der Waals surface area contributed by atoms with Gasteiger partial charge in [0.15, 0.2) is 0 Å². The van der Waals surface area contributed by atoms with E-state index >= 15 is 0 Å². The minimum absolute atomic E-state index is 0.0989. The van der Waals surface area contributed by atoms with Gasteiger partial charge in [0, 0.05) is 0 Å². The third-order valence-corrected chi connectivity index (χ3v) is 7.76. The summed E-state index contributed by atoms with van der Waals surface area (Å²) in [6.45, 7) is 6.77. The predicted molar refractivity (Wildman–Crippen MR) is 130 cm³/mol. The third-order valence-electron chi connectivity index (χ3n) is 5.70. The summed E-state index contributed by atoms with van der Waals surface area (Å²) >= 11 is 0.156. The van der Waals surface area contributed by atoms with Gasteiger partial charge in [0.25, 0.3) is 0 Å². The monoisotopic (exact) mass is 474 g/mol. The Morgan fingerprint density at radius 1 is 1.00 bits per heavy atom. The van der Waals surface area contributed by atoms with E-state index in [0.717, 1.165) is 12.0 Å². The summed E-state index contributed by atoms with van der Waals surface area (Å²) in [5.74, 6) is -0.926. The first-order chi connectivity index (χ1) is 14.8. The Morgan fingerprint density at radius 2 is 1.74 bits per heavy atom. The second kappa shape index (κ2) is 8.70. The van der Waals surface area contributed by atoms with E-state index in [0.29, 0.717) is 0 Å². The molecule has 3 aromatic rings. The van der Waals surface area contributed by atoms with Gasteiger partial charge in [-0.2, -0.15) is 0 Å². The van der Waals surface area contributed by atoms with Crippen LogP contribution in [0.15, 0.2) is 78.9 Å². The van der Waals surface area contributed by atoms with E-state index in [9.17, 15) is 4.79 Å². The Hall–Kier alpha value is -2.87. The quantitative estimate of drug-likeness (QED) is 0.425. The van der Waals surface area contributed by atoms with Gasteiger partial charge in [-0.1, -0.05) is 0 Å². The van der Waals surface area contributed by atoms with Crippen molar-refractivity contribution in [1.82, 2.24) is 0 Å². The van der Waals surface area contributed by atoms with E-state index in [1.165, 1.54) is 42.8 Å².